The first-order valence-corrected chi connectivity index (χ1v) is 5.33. The maximum atomic E-state index is 10.1. The number of unbranched alkanes of at least 4 members (excludes halogenated alkanes) is 7. The Morgan fingerprint density at radius 3 is 2.15 bits per heavy atom. The zero-order valence-electron chi connectivity index (χ0n) is 8.59. The van der Waals surface area contributed by atoms with Gasteiger partial charge in [0.25, 0.3) is 0 Å². The van der Waals surface area contributed by atoms with Crippen LogP contribution in [0.5, 0.6) is 0 Å². The van der Waals surface area contributed by atoms with Gasteiger partial charge in [-0.3, -0.25) is 4.79 Å². The third kappa shape index (κ3) is 11.5. The molecule has 0 fully saturated rings. The molecule has 0 aromatic rings. The van der Waals surface area contributed by atoms with E-state index < -0.39 is 5.97 Å². The van der Waals surface area contributed by atoms with Crippen LogP contribution in [0.1, 0.15) is 58.3 Å². The molecule has 0 aliphatic heterocycles. The summed E-state index contributed by atoms with van der Waals surface area (Å²) in [6, 6.07) is 0. The Morgan fingerprint density at radius 2 is 1.62 bits per heavy atom. The summed E-state index contributed by atoms with van der Waals surface area (Å²) in [6.45, 7) is 2.21. The van der Waals surface area contributed by atoms with Crippen molar-refractivity contribution in [1.82, 2.24) is 0 Å². The van der Waals surface area contributed by atoms with Crippen LogP contribution in [0, 0.1) is 6.42 Å². The van der Waals surface area contributed by atoms with Gasteiger partial charge in [0.1, 0.15) is 0 Å². The van der Waals surface area contributed by atoms with Crippen molar-refractivity contribution in [2.75, 3.05) is 0 Å². The van der Waals surface area contributed by atoms with E-state index in [1.165, 1.54) is 44.9 Å². The van der Waals surface area contributed by atoms with Crippen LogP contribution in [0.15, 0.2) is 0 Å². The Morgan fingerprint density at radius 1 is 1.08 bits per heavy atom. The first kappa shape index (κ1) is 12.5. The summed E-state index contributed by atoms with van der Waals surface area (Å²) in [5, 5.41) is 8.33. The largest absolute Gasteiger partial charge is 0.481 e. The van der Waals surface area contributed by atoms with E-state index in [-0.39, 0.29) is 0 Å². The third-order valence-corrected chi connectivity index (χ3v) is 2.13. The van der Waals surface area contributed by atoms with Crippen molar-refractivity contribution < 1.29 is 9.90 Å². The molecule has 0 atom stereocenters. The van der Waals surface area contributed by atoms with Crippen molar-refractivity contribution in [3.63, 3.8) is 0 Å². The van der Waals surface area contributed by atoms with Crippen molar-refractivity contribution in [1.29, 1.82) is 0 Å². The molecular formula is C11H21O2. The average Bonchev–Trinajstić information content (AvgIpc) is 2.09. The first-order valence-electron chi connectivity index (χ1n) is 5.33. The molecule has 0 spiro atoms. The van der Waals surface area contributed by atoms with E-state index in [2.05, 4.69) is 6.92 Å². The van der Waals surface area contributed by atoms with Crippen LogP contribution >= 0.6 is 0 Å². The third-order valence-electron chi connectivity index (χ3n) is 2.13. The second-order valence-electron chi connectivity index (χ2n) is 3.45. The first-order chi connectivity index (χ1) is 6.27. The average molecular weight is 185 g/mol. The lowest BCUT2D eigenvalue weighted by molar-refractivity contribution is -0.133. The number of carboxylic acid groups (broad SMARTS) is 1. The molecule has 0 aliphatic carbocycles. The van der Waals surface area contributed by atoms with E-state index in [4.69, 9.17) is 5.11 Å². The second-order valence-corrected chi connectivity index (χ2v) is 3.45. The van der Waals surface area contributed by atoms with Crippen LogP contribution in [0.3, 0.4) is 0 Å². The van der Waals surface area contributed by atoms with Crippen LogP contribution in [-0.4, -0.2) is 11.1 Å². The Bertz CT molecular complexity index is 121. The Labute approximate surface area is 81.3 Å². The number of rotatable bonds is 9. The van der Waals surface area contributed by atoms with Gasteiger partial charge in [-0.05, 0) is 6.42 Å². The molecule has 0 bridgehead atoms. The fourth-order valence-corrected chi connectivity index (χ4v) is 1.33. The summed E-state index contributed by atoms with van der Waals surface area (Å²) in [7, 11) is 0. The lowest BCUT2D eigenvalue weighted by Gasteiger charge is -1.99. The Kier molecular flexibility index (Phi) is 9.17. The fraction of sp³-hybridized carbons (Fsp3) is 0.818. The van der Waals surface area contributed by atoms with E-state index in [0.717, 1.165) is 12.8 Å². The highest BCUT2D eigenvalue weighted by molar-refractivity contribution is 5.76. The molecule has 0 aromatic carbocycles. The molecule has 2 nitrogen and oxygen atoms in total. The van der Waals surface area contributed by atoms with Crippen LogP contribution < -0.4 is 0 Å². The molecule has 0 unspecified atom stereocenters. The van der Waals surface area contributed by atoms with E-state index in [1.807, 2.05) is 0 Å². The van der Waals surface area contributed by atoms with Gasteiger partial charge in [-0.1, -0.05) is 51.9 Å². The number of hydrogen-bond acceptors (Lipinski definition) is 1. The fourth-order valence-electron chi connectivity index (χ4n) is 1.33. The molecule has 0 heterocycles. The van der Waals surface area contributed by atoms with E-state index in [1.54, 1.807) is 0 Å². The van der Waals surface area contributed by atoms with Crippen molar-refractivity contribution >= 4 is 5.97 Å². The maximum Gasteiger partial charge on any atom is 0.307 e. The van der Waals surface area contributed by atoms with Gasteiger partial charge in [0.05, 0.1) is 6.42 Å². The molecular weight excluding hydrogens is 164 g/mol. The Balaban J connectivity index is 2.87. The lowest BCUT2D eigenvalue weighted by Crippen LogP contribution is -1.94. The summed E-state index contributed by atoms with van der Waals surface area (Å²) in [4.78, 5) is 10.1. The second kappa shape index (κ2) is 9.56. The standard InChI is InChI=1S/C11H21O2/c1-2-3-4-5-6-7-8-9-10-11(12)13/h10H,2-9H2,1H3,(H,12,13). The van der Waals surface area contributed by atoms with E-state index in [9.17, 15) is 4.79 Å². The van der Waals surface area contributed by atoms with Crippen LogP contribution in [0.25, 0.3) is 0 Å². The SMILES string of the molecule is CCCCCCCCC[CH]C(=O)O. The quantitative estimate of drug-likeness (QED) is 0.559. The van der Waals surface area contributed by atoms with Gasteiger partial charge in [0.2, 0.25) is 0 Å². The predicted molar refractivity (Wildman–Crippen MR) is 54.5 cm³/mol. The maximum absolute atomic E-state index is 10.1. The van der Waals surface area contributed by atoms with Gasteiger partial charge in [-0.25, -0.2) is 0 Å². The zero-order valence-corrected chi connectivity index (χ0v) is 8.59. The monoisotopic (exact) mass is 185 g/mol. The minimum absolute atomic E-state index is 0.725. The van der Waals surface area contributed by atoms with Gasteiger partial charge in [0.15, 0.2) is 0 Å². The van der Waals surface area contributed by atoms with E-state index in [0.29, 0.717) is 0 Å². The van der Waals surface area contributed by atoms with Crippen LogP contribution in [-0.2, 0) is 4.79 Å². The van der Waals surface area contributed by atoms with Gasteiger partial charge >= 0.3 is 5.97 Å². The van der Waals surface area contributed by atoms with E-state index >= 15 is 0 Å². The normalized spacial score (nSPS) is 10.2. The van der Waals surface area contributed by atoms with Crippen molar-refractivity contribution in [3.05, 3.63) is 6.42 Å². The molecule has 0 rings (SSSR count). The van der Waals surface area contributed by atoms with Gasteiger partial charge in [-0.15, -0.1) is 0 Å². The summed E-state index contributed by atoms with van der Waals surface area (Å²) >= 11 is 0. The topological polar surface area (TPSA) is 37.3 Å². The van der Waals surface area contributed by atoms with Crippen molar-refractivity contribution in [3.8, 4) is 0 Å². The molecule has 0 amide bonds. The Hall–Kier alpha value is -0.530. The molecule has 77 valence electrons. The number of aliphatic carboxylic acids is 1. The summed E-state index contributed by atoms with van der Waals surface area (Å²) in [5.74, 6) is -0.786. The van der Waals surface area contributed by atoms with Crippen LogP contribution in [0.2, 0.25) is 0 Å². The molecule has 13 heavy (non-hydrogen) atoms. The lowest BCUT2D eigenvalue weighted by atomic mass is 10.1. The smallest absolute Gasteiger partial charge is 0.307 e. The molecule has 2 heteroatoms. The van der Waals surface area contributed by atoms with Crippen molar-refractivity contribution in [2.45, 2.75) is 58.3 Å². The van der Waals surface area contributed by atoms with Crippen molar-refractivity contribution in [2.24, 2.45) is 0 Å². The highest BCUT2D eigenvalue weighted by atomic mass is 16.4. The number of carbonyl (C=O) groups is 1. The van der Waals surface area contributed by atoms with Gasteiger partial charge in [0, 0.05) is 0 Å². The molecule has 1 radical (unpaired) electrons. The highest BCUT2D eigenvalue weighted by Crippen LogP contribution is 2.08. The summed E-state index contributed by atoms with van der Waals surface area (Å²) < 4.78 is 0. The minimum Gasteiger partial charge on any atom is -0.481 e. The number of hydrogen-bond donors (Lipinski definition) is 1. The van der Waals surface area contributed by atoms with Gasteiger partial charge < -0.3 is 5.11 Å². The predicted octanol–water partition coefficient (Wildman–Crippen LogP) is 3.42. The highest BCUT2D eigenvalue weighted by Gasteiger charge is 1.96. The molecule has 0 aromatic heterocycles. The molecule has 1 N–H and O–H groups in total. The molecule has 0 saturated carbocycles. The van der Waals surface area contributed by atoms with Crippen LogP contribution in [0.4, 0.5) is 0 Å². The number of carboxylic acids is 1. The minimum atomic E-state index is -0.786. The molecule has 0 saturated heterocycles. The summed E-state index contributed by atoms with van der Waals surface area (Å²) in [5.41, 5.74) is 0. The molecule has 0 aliphatic rings. The zero-order chi connectivity index (χ0) is 9.94. The summed E-state index contributed by atoms with van der Waals surface area (Å²) in [6.07, 6.45) is 10.8. The van der Waals surface area contributed by atoms with Gasteiger partial charge in [-0.2, -0.15) is 0 Å².